The Bertz CT molecular complexity index is 1000. The third-order valence-electron chi connectivity index (χ3n) is 6.10. The Morgan fingerprint density at radius 2 is 1.72 bits per heavy atom. The number of nitrogens with two attached hydrogens (primary N) is 1. The van der Waals surface area contributed by atoms with Gasteiger partial charge in [0.25, 0.3) is 0 Å². The number of rotatable bonds is 17. The first-order valence-corrected chi connectivity index (χ1v) is 13.9. The van der Waals surface area contributed by atoms with Crippen LogP contribution < -0.4 is 15.2 Å². The summed E-state index contributed by atoms with van der Waals surface area (Å²) in [5.41, 5.74) is 6.94. The quantitative estimate of drug-likeness (QED) is 0.137. The number of amides is 1. The maximum absolute atomic E-state index is 12.1. The molecule has 0 spiro atoms. The van der Waals surface area contributed by atoms with Gasteiger partial charge < -0.3 is 10.5 Å². The van der Waals surface area contributed by atoms with E-state index >= 15 is 0 Å². The second-order valence-corrected chi connectivity index (χ2v) is 11.5. The highest BCUT2D eigenvalue weighted by Gasteiger charge is 2.25. The summed E-state index contributed by atoms with van der Waals surface area (Å²) in [6, 6.07) is 7.97. The van der Waals surface area contributed by atoms with Crippen LogP contribution in [0.1, 0.15) is 71.3 Å². The lowest BCUT2D eigenvalue weighted by Gasteiger charge is -2.29. The van der Waals surface area contributed by atoms with E-state index in [9.17, 15) is 18.0 Å². The van der Waals surface area contributed by atoms with Crippen molar-refractivity contribution in [3.8, 4) is 5.75 Å². The number of ether oxygens (including phenoxy) is 1. The molecule has 0 aliphatic carbocycles. The molecule has 3 N–H and O–H groups in total. The fourth-order valence-corrected chi connectivity index (χ4v) is 4.30. The number of hydrogen-bond acceptors (Lipinski definition) is 6. The molecule has 1 aromatic rings. The molecule has 36 heavy (non-hydrogen) atoms. The molecular weight excluding hydrogens is 478 g/mol. The Morgan fingerprint density at radius 1 is 1.06 bits per heavy atom. The van der Waals surface area contributed by atoms with Gasteiger partial charge in [-0.25, -0.2) is 4.72 Å². The van der Waals surface area contributed by atoms with Gasteiger partial charge in [-0.15, -0.1) is 0 Å². The van der Waals surface area contributed by atoms with Crippen molar-refractivity contribution >= 4 is 21.9 Å². The molecule has 0 fully saturated rings. The fraction of sp³-hybridized carbons (Fsp3) is 0.556. The van der Waals surface area contributed by atoms with Gasteiger partial charge in [-0.3, -0.25) is 9.59 Å². The molecule has 1 atom stereocenters. The van der Waals surface area contributed by atoms with Crippen molar-refractivity contribution in [2.45, 2.75) is 72.1 Å². The molecule has 1 rings (SSSR count). The minimum Gasteiger partial charge on any atom is -0.458 e. The molecule has 1 unspecified atom stereocenters. The van der Waals surface area contributed by atoms with Crippen molar-refractivity contribution in [1.29, 1.82) is 0 Å². The number of hydrogen-bond donors (Lipinski definition) is 2. The van der Waals surface area contributed by atoms with Gasteiger partial charge in [0.05, 0.1) is 0 Å². The minimum absolute atomic E-state index is 0.0300. The fourth-order valence-electron chi connectivity index (χ4n) is 3.73. The van der Waals surface area contributed by atoms with Crippen molar-refractivity contribution in [2.24, 2.45) is 11.1 Å². The normalized spacial score (nSPS) is 14.1. The molecule has 8 nitrogen and oxygen atoms in total. The second-order valence-electron chi connectivity index (χ2n) is 9.60. The molecule has 1 amide bonds. The number of ketones is 1. The summed E-state index contributed by atoms with van der Waals surface area (Å²) in [4.78, 5) is 23.2. The predicted molar refractivity (Wildman–Crippen MR) is 145 cm³/mol. The van der Waals surface area contributed by atoms with Gasteiger partial charge in [-0.2, -0.15) is 12.7 Å². The van der Waals surface area contributed by atoms with Crippen LogP contribution in [0.4, 0.5) is 0 Å². The Balaban J connectivity index is 2.47. The molecule has 0 bridgehead atoms. The van der Waals surface area contributed by atoms with Gasteiger partial charge in [0.15, 0.2) is 5.78 Å². The molecule has 0 aromatic heterocycles. The van der Waals surface area contributed by atoms with Gasteiger partial charge in [0.2, 0.25) is 5.91 Å². The van der Waals surface area contributed by atoms with Crippen LogP contribution in [-0.2, 0) is 26.2 Å². The average molecular weight is 522 g/mol. The SMILES string of the molecule is CC=C(/C=C\C(C)=O)Oc1ccc(CCCCCC(C)(CCN)CCC(=O)NS(=O)(=O)N(C)C)cc1. The number of carbonyl (C=O) groups excluding carboxylic acids is 2. The summed E-state index contributed by atoms with van der Waals surface area (Å²) in [6.45, 7) is 6.01. The van der Waals surface area contributed by atoms with Crippen LogP contribution in [-0.4, -0.2) is 45.1 Å². The van der Waals surface area contributed by atoms with E-state index in [1.54, 1.807) is 6.08 Å². The van der Waals surface area contributed by atoms with E-state index in [4.69, 9.17) is 10.5 Å². The van der Waals surface area contributed by atoms with Crippen molar-refractivity contribution in [3.05, 3.63) is 53.8 Å². The van der Waals surface area contributed by atoms with Crippen molar-refractivity contribution in [3.63, 3.8) is 0 Å². The van der Waals surface area contributed by atoms with Crippen LogP contribution in [0.15, 0.2) is 48.3 Å². The van der Waals surface area contributed by atoms with E-state index in [0.717, 1.165) is 48.6 Å². The lowest BCUT2D eigenvalue weighted by atomic mass is 9.77. The van der Waals surface area contributed by atoms with E-state index in [1.165, 1.54) is 32.7 Å². The molecule has 0 aliphatic heterocycles. The number of benzene rings is 1. The number of unbranched alkanes of at least 4 members (excludes halogenated alkanes) is 2. The van der Waals surface area contributed by atoms with Crippen molar-refractivity contribution < 1.29 is 22.7 Å². The minimum atomic E-state index is -3.76. The number of nitrogens with zero attached hydrogens (tertiary/aromatic N) is 1. The summed E-state index contributed by atoms with van der Waals surface area (Å²) >= 11 is 0. The number of aryl methyl sites for hydroxylation is 1. The van der Waals surface area contributed by atoms with Crippen molar-refractivity contribution in [2.75, 3.05) is 20.6 Å². The molecule has 0 aliphatic rings. The molecule has 0 saturated heterocycles. The van der Waals surface area contributed by atoms with Gasteiger partial charge in [-0.1, -0.05) is 31.9 Å². The van der Waals surface area contributed by atoms with E-state index in [2.05, 4.69) is 23.8 Å². The van der Waals surface area contributed by atoms with Crippen molar-refractivity contribution in [1.82, 2.24) is 9.03 Å². The van der Waals surface area contributed by atoms with Crippen LogP contribution in [0.3, 0.4) is 0 Å². The number of nitrogens with one attached hydrogen (secondary N) is 1. The summed E-state index contributed by atoms with van der Waals surface area (Å²) in [7, 11) is -0.999. The van der Waals surface area contributed by atoms with Gasteiger partial charge in [0.1, 0.15) is 11.5 Å². The first-order chi connectivity index (χ1) is 16.9. The largest absolute Gasteiger partial charge is 0.458 e. The summed E-state index contributed by atoms with van der Waals surface area (Å²) in [5, 5.41) is 0. The Labute approximate surface area is 217 Å². The highest BCUT2D eigenvalue weighted by Crippen LogP contribution is 2.33. The molecular formula is C27H43N3O5S. The maximum atomic E-state index is 12.1. The maximum Gasteiger partial charge on any atom is 0.303 e. The smallest absolute Gasteiger partial charge is 0.303 e. The van der Waals surface area contributed by atoms with E-state index in [-0.39, 0.29) is 17.6 Å². The molecule has 202 valence electrons. The summed E-state index contributed by atoms with van der Waals surface area (Å²) in [6.07, 6.45) is 11.5. The van der Waals surface area contributed by atoms with Crippen LogP contribution in [0.2, 0.25) is 0 Å². The molecule has 0 heterocycles. The van der Waals surface area contributed by atoms with Gasteiger partial charge in [0, 0.05) is 20.5 Å². The second kappa shape index (κ2) is 15.6. The molecule has 9 heteroatoms. The topological polar surface area (TPSA) is 119 Å². The molecule has 0 radical (unpaired) electrons. The van der Waals surface area contributed by atoms with Crippen LogP contribution >= 0.6 is 0 Å². The molecule has 0 saturated carbocycles. The Kier molecular flexibility index (Phi) is 13.7. The first kappa shape index (κ1) is 31.5. The summed E-state index contributed by atoms with van der Waals surface area (Å²) < 4.78 is 32.5. The predicted octanol–water partition coefficient (Wildman–Crippen LogP) is 4.28. The highest BCUT2D eigenvalue weighted by molar-refractivity contribution is 7.87. The van der Waals surface area contributed by atoms with Gasteiger partial charge >= 0.3 is 10.2 Å². The van der Waals surface area contributed by atoms with E-state index in [0.29, 0.717) is 18.7 Å². The monoisotopic (exact) mass is 521 g/mol. The number of allylic oxidation sites excluding steroid dienone is 3. The third kappa shape index (κ3) is 12.5. The van der Waals surface area contributed by atoms with Crippen LogP contribution in [0.5, 0.6) is 5.75 Å². The zero-order valence-electron chi connectivity index (χ0n) is 22.4. The lowest BCUT2D eigenvalue weighted by molar-refractivity contribution is -0.120. The van der Waals surface area contributed by atoms with Crippen LogP contribution in [0, 0.1) is 5.41 Å². The highest BCUT2D eigenvalue weighted by atomic mass is 32.2. The van der Waals surface area contributed by atoms with E-state index < -0.39 is 16.1 Å². The summed E-state index contributed by atoms with van der Waals surface area (Å²) in [5.74, 6) is 0.823. The first-order valence-electron chi connectivity index (χ1n) is 12.5. The van der Waals surface area contributed by atoms with E-state index in [1.807, 2.05) is 25.1 Å². The zero-order chi connectivity index (χ0) is 27.2. The van der Waals surface area contributed by atoms with Gasteiger partial charge in [-0.05, 0) is 93.8 Å². The lowest BCUT2D eigenvalue weighted by Crippen LogP contribution is -2.39. The number of carbonyl (C=O) groups is 2. The standard InChI is InChI=1S/C27H43N3O5S/c1-6-24(14-11-22(2)31)35-25-15-12-23(13-16-25)10-8-7-9-18-27(3,20-21-28)19-17-26(32)29-36(33,34)30(4)5/h6,11-16H,7-10,17-21,28H2,1-5H3,(H,29,32)/b14-11-,24-6?. The third-order valence-corrected chi connectivity index (χ3v) is 7.55. The molecule has 1 aromatic carbocycles. The Morgan fingerprint density at radius 3 is 2.28 bits per heavy atom. The van der Waals surface area contributed by atoms with Crippen LogP contribution in [0.25, 0.3) is 0 Å². The Hall–Kier alpha value is -2.49. The average Bonchev–Trinajstić information content (AvgIpc) is 2.81. The zero-order valence-corrected chi connectivity index (χ0v) is 23.2.